The van der Waals surface area contributed by atoms with Crippen LogP contribution in [0.1, 0.15) is 70.2 Å². The Bertz CT molecular complexity index is 792. The Balaban J connectivity index is 0.000000837. The molecule has 1 aromatic rings. The lowest BCUT2D eigenvalue weighted by atomic mass is 9.66. The number of nitrogens with one attached hydrogen (secondary N) is 1. The minimum atomic E-state index is -4.25. The van der Waals surface area contributed by atoms with Crippen molar-refractivity contribution in [3.8, 4) is 0 Å². The molecule has 32 heavy (non-hydrogen) atoms. The average molecular weight is 458 g/mol. The zero-order chi connectivity index (χ0) is 24.1. The van der Waals surface area contributed by atoms with E-state index in [1.54, 1.807) is 44.7 Å². The highest BCUT2D eigenvalue weighted by Gasteiger charge is 2.60. The van der Waals surface area contributed by atoms with E-state index in [0.717, 1.165) is 37.0 Å². The van der Waals surface area contributed by atoms with Crippen LogP contribution in [0.4, 0.5) is 18.9 Å². The number of aliphatic hydroxyl groups is 2. The van der Waals surface area contributed by atoms with Crippen molar-refractivity contribution in [2.24, 2.45) is 12.0 Å². The Hall–Kier alpha value is -1.64. The van der Waals surface area contributed by atoms with Crippen molar-refractivity contribution in [2.45, 2.75) is 95.5 Å². The zero-order valence-electron chi connectivity index (χ0n) is 19.7. The molecule has 1 saturated carbocycles. The third kappa shape index (κ3) is 6.02. The Labute approximate surface area is 189 Å². The molecular weight excluding hydrogens is 419 g/mol. The Morgan fingerprint density at radius 2 is 1.91 bits per heavy atom. The van der Waals surface area contributed by atoms with Crippen LogP contribution in [0.5, 0.6) is 0 Å². The highest BCUT2D eigenvalue weighted by atomic mass is 19.4. The van der Waals surface area contributed by atoms with E-state index in [4.69, 9.17) is 5.11 Å². The lowest BCUT2D eigenvalue weighted by Crippen LogP contribution is -2.49. The summed E-state index contributed by atoms with van der Waals surface area (Å²) in [6.07, 6.45) is 2.05. The molecule has 0 spiro atoms. The second-order valence-electron chi connectivity index (χ2n) is 9.30. The lowest BCUT2D eigenvalue weighted by molar-refractivity contribution is -0.214. The Morgan fingerprint density at radius 1 is 1.31 bits per heavy atom. The van der Waals surface area contributed by atoms with Crippen LogP contribution >= 0.6 is 0 Å². The number of hydrogen-bond donors (Lipinski definition) is 3. The van der Waals surface area contributed by atoms with Crippen molar-refractivity contribution in [1.82, 2.24) is 9.88 Å². The summed E-state index contributed by atoms with van der Waals surface area (Å²) in [5.74, 6) is 0. The monoisotopic (exact) mass is 457 g/mol. The molecule has 182 valence electrons. The first-order valence-electron chi connectivity index (χ1n) is 11.4. The van der Waals surface area contributed by atoms with Gasteiger partial charge in [0.05, 0.1) is 12.3 Å². The molecule has 2 heterocycles. The zero-order valence-corrected chi connectivity index (χ0v) is 19.7. The molecule has 1 aliphatic carbocycles. The molecule has 2 unspecified atom stereocenters. The van der Waals surface area contributed by atoms with E-state index in [2.05, 4.69) is 16.9 Å². The summed E-state index contributed by atoms with van der Waals surface area (Å²) in [6.45, 7) is 9.43. The first kappa shape index (κ1) is 26.6. The fourth-order valence-corrected chi connectivity index (χ4v) is 4.36. The quantitative estimate of drug-likeness (QED) is 0.554. The first-order chi connectivity index (χ1) is 14.9. The molecule has 1 saturated heterocycles. The van der Waals surface area contributed by atoms with Crippen LogP contribution in [0.15, 0.2) is 23.2 Å². The van der Waals surface area contributed by atoms with Gasteiger partial charge in [0.2, 0.25) is 0 Å². The maximum atomic E-state index is 13.7. The van der Waals surface area contributed by atoms with Gasteiger partial charge in [-0.1, -0.05) is 25.8 Å². The van der Waals surface area contributed by atoms with Crippen molar-refractivity contribution in [1.29, 1.82) is 0 Å². The van der Waals surface area contributed by atoms with Gasteiger partial charge in [-0.25, -0.2) is 0 Å². The molecule has 2 aliphatic rings. The van der Waals surface area contributed by atoms with Crippen LogP contribution in [0.25, 0.3) is 0 Å². The summed E-state index contributed by atoms with van der Waals surface area (Å²) in [4.78, 5) is 4.48. The average Bonchev–Trinajstić information content (AvgIpc) is 2.85. The van der Waals surface area contributed by atoms with Crippen LogP contribution in [-0.4, -0.2) is 52.0 Å². The van der Waals surface area contributed by atoms with Crippen molar-refractivity contribution < 1.29 is 23.4 Å². The molecule has 0 radical (unpaired) electrons. The van der Waals surface area contributed by atoms with Gasteiger partial charge >= 0.3 is 6.18 Å². The molecule has 2 fully saturated rings. The standard InChI is InChI=1S/C21H30F3N3O.C3H8O/c1-14(17-8-5-4-7-16(13-28)26-17)12-25-18-11-19(27(3)15(18)2)20(9-6-10-20)21(22,23)24;1-3(2)4/h11-12,16-17,26,28H,1,4-10,13H2,2-3H3;3-4H,1-2H3. The van der Waals surface area contributed by atoms with Crippen molar-refractivity contribution in [2.75, 3.05) is 6.61 Å². The van der Waals surface area contributed by atoms with Crippen LogP contribution in [0.2, 0.25) is 0 Å². The van der Waals surface area contributed by atoms with E-state index in [-0.39, 0.29) is 37.6 Å². The molecule has 0 amide bonds. The number of aromatic nitrogens is 1. The van der Waals surface area contributed by atoms with Gasteiger partial charge in [-0.15, -0.1) is 0 Å². The molecule has 1 aromatic heterocycles. The summed E-state index contributed by atoms with van der Waals surface area (Å²) in [7, 11) is 1.68. The highest BCUT2D eigenvalue weighted by Crippen LogP contribution is 2.55. The van der Waals surface area contributed by atoms with Gasteiger partial charge in [-0.3, -0.25) is 4.99 Å². The third-order valence-electron chi connectivity index (χ3n) is 6.52. The predicted octanol–water partition coefficient (Wildman–Crippen LogP) is 4.86. The van der Waals surface area contributed by atoms with Crippen LogP contribution in [-0.2, 0) is 12.5 Å². The van der Waals surface area contributed by atoms with Crippen molar-refractivity contribution in [3.63, 3.8) is 0 Å². The third-order valence-corrected chi connectivity index (χ3v) is 6.52. The number of rotatable bonds is 5. The number of aliphatic hydroxyl groups excluding tert-OH is 2. The van der Waals surface area contributed by atoms with Gasteiger partial charge in [0, 0.05) is 42.8 Å². The van der Waals surface area contributed by atoms with Gasteiger partial charge in [-0.05, 0) is 58.1 Å². The SMILES string of the molecule is C=C(C=Nc1cc(C2(C(F)(F)F)CCC2)n(C)c1C)C1CCCCC(CO)N1.CC(C)O. The number of aliphatic imine (C=N–C) groups is 1. The summed E-state index contributed by atoms with van der Waals surface area (Å²) in [5.41, 5.74) is 0.626. The van der Waals surface area contributed by atoms with Gasteiger partial charge in [0.15, 0.2) is 0 Å². The van der Waals surface area contributed by atoms with Crippen LogP contribution < -0.4 is 5.32 Å². The maximum absolute atomic E-state index is 13.7. The van der Waals surface area contributed by atoms with E-state index in [1.807, 2.05) is 0 Å². The molecule has 2 atom stereocenters. The number of halogens is 3. The van der Waals surface area contributed by atoms with Crippen molar-refractivity contribution >= 4 is 11.9 Å². The Kier molecular flexibility index (Phi) is 9.14. The maximum Gasteiger partial charge on any atom is 0.399 e. The van der Waals surface area contributed by atoms with Gasteiger partial charge in [-0.2, -0.15) is 13.2 Å². The molecule has 1 aliphatic heterocycles. The van der Waals surface area contributed by atoms with Crippen LogP contribution in [0, 0.1) is 6.92 Å². The predicted molar refractivity (Wildman–Crippen MR) is 123 cm³/mol. The topological polar surface area (TPSA) is 69.8 Å². The summed E-state index contributed by atoms with van der Waals surface area (Å²) in [6, 6.07) is 1.66. The molecule has 0 bridgehead atoms. The lowest BCUT2D eigenvalue weighted by Gasteiger charge is -2.43. The minimum absolute atomic E-state index is 0.0278. The van der Waals surface area contributed by atoms with E-state index in [1.165, 1.54) is 0 Å². The first-order valence-corrected chi connectivity index (χ1v) is 11.4. The second-order valence-corrected chi connectivity index (χ2v) is 9.30. The normalized spacial score (nSPS) is 23.4. The molecule has 5 nitrogen and oxygen atoms in total. The summed E-state index contributed by atoms with van der Waals surface area (Å²) in [5, 5.41) is 20.9. The van der Waals surface area contributed by atoms with E-state index >= 15 is 0 Å². The van der Waals surface area contributed by atoms with E-state index in [0.29, 0.717) is 17.8 Å². The van der Waals surface area contributed by atoms with E-state index < -0.39 is 11.6 Å². The molecule has 3 rings (SSSR count). The second kappa shape index (κ2) is 11.0. The smallest absolute Gasteiger partial charge is 0.395 e. The van der Waals surface area contributed by atoms with E-state index in [9.17, 15) is 18.3 Å². The molecule has 0 aromatic carbocycles. The van der Waals surface area contributed by atoms with Gasteiger partial charge in [0.1, 0.15) is 5.41 Å². The van der Waals surface area contributed by atoms with Crippen molar-refractivity contribution in [3.05, 3.63) is 29.6 Å². The largest absolute Gasteiger partial charge is 0.399 e. The minimum Gasteiger partial charge on any atom is -0.395 e. The molecule has 3 N–H and O–H groups in total. The van der Waals surface area contributed by atoms with Crippen LogP contribution in [0.3, 0.4) is 0 Å². The fraction of sp³-hybridized carbons (Fsp3) is 0.708. The fourth-order valence-electron chi connectivity index (χ4n) is 4.36. The molecule has 8 heteroatoms. The Morgan fingerprint density at radius 3 is 2.41 bits per heavy atom. The summed E-state index contributed by atoms with van der Waals surface area (Å²) < 4.78 is 42.8. The molecular formula is C24H38F3N3O2. The number of hydrogen-bond acceptors (Lipinski definition) is 4. The van der Waals surface area contributed by atoms with Gasteiger partial charge < -0.3 is 20.1 Å². The van der Waals surface area contributed by atoms with Gasteiger partial charge in [0.25, 0.3) is 0 Å². The number of nitrogens with zero attached hydrogens (tertiary/aromatic N) is 2. The highest BCUT2D eigenvalue weighted by molar-refractivity contribution is 5.82. The summed E-state index contributed by atoms with van der Waals surface area (Å²) >= 11 is 0. The number of alkyl halides is 3.